The van der Waals surface area contributed by atoms with Gasteiger partial charge in [-0.15, -0.1) is 11.6 Å². The summed E-state index contributed by atoms with van der Waals surface area (Å²) in [6, 6.07) is 0.808. The quantitative estimate of drug-likeness (QED) is 0.535. The van der Waals surface area contributed by atoms with Crippen molar-refractivity contribution in [2.45, 2.75) is 50.7 Å². The molecule has 1 aliphatic carbocycles. The fourth-order valence-corrected chi connectivity index (χ4v) is 2.98. The summed E-state index contributed by atoms with van der Waals surface area (Å²) in [5.41, 5.74) is 0. The minimum Gasteiger partial charge on any atom is -0.374 e. The number of alkyl halides is 1. The smallest absolute Gasteiger partial charge is 0.0837 e. The summed E-state index contributed by atoms with van der Waals surface area (Å²) in [4.78, 5) is 2.61. The Kier molecular flexibility index (Phi) is 4.73. The molecule has 1 atom stereocenters. The Balaban J connectivity index is 1.84. The summed E-state index contributed by atoms with van der Waals surface area (Å²) < 4.78 is 5.61. The fraction of sp³-hybridized carbons (Fsp3) is 1.00. The molecule has 2 aliphatic rings. The van der Waals surface area contributed by atoms with Crippen molar-refractivity contribution in [3.8, 4) is 0 Å². The van der Waals surface area contributed by atoms with E-state index in [0.29, 0.717) is 5.88 Å². The zero-order valence-electron chi connectivity index (χ0n) is 9.46. The number of hydrogen-bond donors (Lipinski definition) is 0. The van der Waals surface area contributed by atoms with Crippen molar-refractivity contribution in [1.82, 2.24) is 4.90 Å². The number of rotatable bonds is 2. The highest BCUT2D eigenvalue weighted by Crippen LogP contribution is 2.23. The van der Waals surface area contributed by atoms with Gasteiger partial charge in [-0.2, -0.15) is 0 Å². The number of hydrogen-bond acceptors (Lipinski definition) is 2. The first-order chi connectivity index (χ1) is 7.40. The third kappa shape index (κ3) is 3.33. The fourth-order valence-electron chi connectivity index (χ4n) is 2.79. The van der Waals surface area contributed by atoms with Crippen LogP contribution < -0.4 is 0 Å². The molecular weight excluding hydrogens is 210 g/mol. The van der Waals surface area contributed by atoms with Crippen LogP contribution in [0.5, 0.6) is 0 Å². The van der Waals surface area contributed by atoms with Crippen molar-refractivity contribution in [2.24, 2.45) is 0 Å². The molecule has 1 heterocycles. The Morgan fingerprint density at radius 2 is 1.87 bits per heavy atom. The predicted molar refractivity (Wildman–Crippen MR) is 63.5 cm³/mol. The zero-order valence-corrected chi connectivity index (χ0v) is 10.2. The van der Waals surface area contributed by atoms with Crippen LogP contribution in [0.1, 0.15) is 38.5 Å². The van der Waals surface area contributed by atoms with E-state index in [4.69, 9.17) is 16.3 Å². The summed E-state index contributed by atoms with van der Waals surface area (Å²) in [6.07, 6.45) is 8.72. The number of halogens is 1. The molecule has 2 fully saturated rings. The van der Waals surface area contributed by atoms with Crippen molar-refractivity contribution in [3.05, 3.63) is 0 Å². The van der Waals surface area contributed by atoms with Crippen LogP contribution in [0, 0.1) is 0 Å². The maximum absolute atomic E-state index is 5.87. The number of morpholine rings is 1. The van der Waals surface area contributed by atoms with Crippen LogP contribution in [-0.4, -0.2) is 42.6 Å². The molecule has 0 aromatic heterocycles. The average molecular weight is 232 g/mol. The van der Waals surface area contributed by atoms with Crippen LogP contribution in [0.15, 0.2) is 0 Å². The second-order valence-corrected chi connectivity index (χ2v) is 5.10. The summed E-state index contributed by atoms with van der Waals surface area (Å²) in [6.45, 7) is 3.03. The Labute approximate surface area is 97.9 Å². The largest absolute Gasteiger partial charge is 0.374 e. The van der Waals surface area contributed by atoms with Crippen LogP contribution >= 0.6 is 11.6 Å². The molecule has 88 valence electrons. The van der Waals surface area contributed by atoms with Crippen molar-refractivity contribution >= 4 is 11.6 Å². The summed E-state index contributed by atoms with van der Waals surface area (Å²) in [5.74, 6) is 0.642. The third-order valence-electron chi connectivity index (χ3n) is 3.68. The highest BCUT2D eigenvalue weighted by atomic mass is 35.5. The maximum Gasteiger partial charge on any atom is 0.0837 e. The predicted octanol–water partition coefficient (Wildman–Crippen LogP) is 2.65. The first kappa shape index (κ1) is 11.7. The second-order valence-electron chi connectivity index (χ2n) is 4.79. The van der Waals surface area contributed by atoms with E-state index in [9.17, 15) is 0 Å². The van der Waals surface area contributed by atoms with Crippen molar-refractivity contribution in [3.63, 3.8) is 0 Å². The second kappa shape index (κ2) is 6.07. The van der Waals surface area contributed by atoms with E-state index >= 15 is 0 Å². The highest BCUT2D eigenvalue weighted by Gasteiger charge is 2.26. The van der Waals surface area contributed by atoms with Gasteiger partial charge < -0.3 is 4.74 Å². The van der Waals surface area contributed by atoms with Gasteiger partial charge in [-0.05, 0) is 12.8 Å². The summed E-state index contributed by atoms with van der Waals surface area (Å²) in [5, 5.41) is 0. The minimum absolute atomic E-state index is 0.267. The molecular formula is C12H22ClNO. The molecule has 2 rings (SSSR count). The molecule has 0 aromatic rings. The number of ether oxygens (including phenoxy) is 1. The monoisotopic (exact) mass is 231 g/mol. The molecule has 0 amide bonds. The van der Waals surface area contributed by atoms with E-state index in [1.165, 1.54) is 38.5 Å². The Morgan fingerprint density at radius 1 is 1.13 bits per heavy atom. The van der Waals surface area contributed by atoms with Crippen LogP contribution in [-0.2, 0) is 4.74 Å². The van der Waals surface area contributed by atoms with Gasteiger partial charge in [-0.1, -0.05) is 25.7 Å². The topological polar surface area (TPSA) is 12.5 Å². The van der Waals surface area contributed by atoms with Crippen LogP contribution in [0.3, 0.4) is 0 Å². The normalized spacial score (nSPS) is 31.4. The molecule has 0 spiro atoms. The highest BCUT2D eigenvalue weighted by molar-refractivity contribution is 6.18. The standard InChI is InChI=1S/C12H22ClNO/c13-9-12-10-14(7-8-15-12)11-5-3-1-2-4-6-11/h11-12H,1-10H2. The lowest BCUT2D eigenvalue weighted by Gasteiger charge is -2.37. The third-order valence-corrected chi connectivity index (χ3v) is 4.03. The minimum atomic E-state index is 0.267. The lowest BCUT2D eigenvalue weighted by atomic mass is 10.1. The summed E-state index contributed by atoms with van der Waals surface area (Å²) >= 11 is 5.87. The molecule has 15 heavy (non-hydrogen) atoms. The Bertz CT molecular complexity index is 180. The molecule has 0 aromatic carbocycles. The molecule has 1 saturated carbocycles. The van der Waals surface area contributed by atoms with E-state index in [1.54, 1.807) is 0 Å². The van der Waals surface area contributed by atoms with Gasteiger partial charge in [0.2, 0.25) is 0 Å². The van der Waals surface area contributed by atoms with E-state index in [1.807, 2.05) is 0 Å². The first-order valence-corrected chi connectivity index (χ1v) is 6.85. The van der Waals surface area contributed by atoms with Gasteiger partial charge in [-0.25, -0.2) is 0 Å². The molecule has 3 heteroatoms. The van der Waals surface area contributed by atoms with Gasteiger partial charge in [0.25, 0.3) is 0 Å². The van der Waals surface area contributed by atoms with Crippen LogP contribution in [0.4, 0.5) is 0 Å². The van der Waals surface area contributed by atoms with Gasteiger partial charge in [0, 0.05) is 25.0 Å². The number of nitrogens with zero attached hydrogens (tertiary/aromatic N) is 1. The summed E-state index contributed by atoms with van der Waals surface area (Å²) in [7, 11) is 0. The average Bonchev–Trinajstić information content (AvgIpc) is 2.58. The Hall–Kier alpha value is 0.210. The van der Waals surface area contributed by atoms with Crippen molar-refractivity contribution < 1.29 is 4.74 Å². The molecule has 0 radical (unpaired) electrons. The van der Waals surface area contributed by atoms with E-state index < -0.39 is 0 Å². The van der Waals surface area contributed by atoms with Crippen molar-refractivity contribution in [2.75, 3.05) is 25.6 Å². The van der Waals surface area contributed by atoms with Gasteiger partial charge in [0.05, 0.1) is 12.7 Å². The first-order valence-electron chi connectivity index (χ1n) is 6.32. The van der Waals surface area contributed by atoms with Gasteiger partial charge in [0.1, 0.15) is 0 Å². The molecule has 0 N–H and O–H groups in total. The van der Waals surface area contributed by atoms with Crippen molar-refractivity contribution in [1.29, 1.82) is 0 Å². The zero-order chi connectivity index (χ0) is 10.5. The Morgan fingerprint density at radius 3 is 2.53 bits per heavy atom. The van der Waals surface area contributed by atoms with Gasteiger partial charge in [-0.3, -0.25) is 4.90 Å². The van der Waals surface area contributed by atoms with Gasteiger partial charge in [0.15, 0.2) is 0 Å². The lowest BCUT2D eigenvalue weighted by Crippen LogP contribution is -2.48. The lowest BCUT2D eigenvalue weighted by molar-refractivity contribution is -0.0345. The van der Waals surface area contributed by atoms with E-state index in [2.05, 4.69) is 4.90 Å². The molecule has 1 unspecified atom stereocenters. The van der Waals surface area contributed by atoms with E-state index in [-0.39, 0.29) is 6.10 Å². The van der Waals surface area contributed by atoms with Crippen LogP contribution in [0.25, 0.3) is 0 Å². The van der Waals surface area contributed by atoms with Gasteiger partial charge >= 0.3 is 0 Å². The molecule has 1 aliphatic heterocycles. The SMILES string of the molecule is ClCC1CN(C2CCCCCC2)CCO1. The van der Waals surface area contributed by atoms with E-state index in [0.717, 1.165) is 25.7 Å². The maximum atomic E-state index is 5.87. The molecule has 0 bridgehead atoms. The molecule has 2 nitrogen and oxygen atoms in total. The van der Waals surface area contributed by atoms with Crippen LogP contribution in [0.2, 0.25) is 0 Å². The molecule has 1 saturated heterocycles.